The quantitative estimate of drug-likeness (QED) is 0.660. The molecule has 0 amide bonds. The lowest BCUT2D eigenvalue weighted by atomic mass is 10.1. The summed E-state index contributed by atoms with van der Waals surface area (Å²) < 4.78 is 0. The van der Waals surface area contributed by atoms with E-state index in [1.807, 2.05) is 12.3 Å². The molecular weight excluding hydrogens is 200 g/mol. The van der Waals surface area contributed by atoms with Gasteiger partial charge in [0.25, 0.3) is 0 Å². The Hall–Kier alpha value is -1.71. The number of anilines is 1. The van der Waals surface area contributed by atoms with E-state index in [9.17, 15) is 0 Å². The third-order valence-electron chi connectivity index (χ3n) is 2.75. The number of nitrogens with zero attached hydrogens (tertiary/aromatic N) is 1. The highest BCUT2D eigenvalue weighted by atomic mass is 14.9. The van der Waals surface area contributed by atoms with E-state index in [-0.39, 0.29) is 0 Å². The van der Waals surface area contributed by atoms with E-state index in [1.165, 1.54) is 5.56 Å². The molecule has 0 bridgehead atoms. The number of nitrogens with one attached hydrogen (secondary N) is 1. The molecule has 4 nitrogen and oxygen atoms in total. The van der Waals surface area contributed by atoms with Crippen molar-refractivity contribution in [2.45, 2.75) is 32.1 Å². The average Bonchev–Trinajstić information content (AvgIpc) is 2.83. The maximum atomic E-state index is 5.60. The zero-order chi connectivity index (χ0) is 11.4. The van der Waals surface area contributed by atoms with E-state index in [0.29, 0.717) is 0 Å². The number of H-pyrrole nitrogens is 1. The summed E-state index contributed by atoms with van der Waals surface area (Å²) in [6.45, 7) is 0. The van der Waals surface area contributed by atoms with Crippen LogP contribution in [0.1, 0.15) is 31.2 Å². The summed E-state index contributed by atoms with van der Waals surface area (Å²) in [5, 5.41) is 0. The number of aromatic nitrogens is 1. The number of unbranched alkanes of at least 4 members (excludes halogenated alkanes) is 1. The van der Waals surface area contributed by atoms with Crippen molar-refractivity contribution in [3.8, 4) is 0 Å². The molecule has 0 saturated carbocycles. The predicted molar refractivity (Wildman–Crippen MR) is 67.1 cm³/mol. The molecule has 1 aliphatic heterocycles. The minimum Gasteiger partial charge on any atom is -0.387 e. The molecular formula is C12H18N4. The number of nitrogens with two attached hydrogens (primary N) is 2. The summed E-state index contributed by atoms with van der Waals surface area (Å²) in [6.07, 6.45) is 9.31. The van der Waals surface area contributed by atoms with Gasteiger partial charge in [-0.15, -0.1) is 0 Å². The van der Waals surface area contributed by atoms with Crippen molar-refractivity contribution in [1.82, 2.24) is 4.98 Å². The molecule has 0 aromatic carbocycles. The zero-order valence-electron chi connectivity index (χ0n) is 9.37. The lowest BCUT2D eigenvalue weighted by Gasteiger charge is -1.99. The van der Waals surface area contributed by atoms with Gasteiger partial charge in [-0.25, -0.2) is 4.99 Å². The van der Waals surface area contributed by atoms with Crippen LogP contribution in [0.5, 0.6) is 0 Å². The molecule has 0 saturated heterocycles. The first kappa shape index (κ1) is 10.8. The highest BCUT2D eigenvalue weighted by Gasteiger charge is 2.04. The van der Waals surface area contributed by atoms with Gasteiger partial charge in [-0.3, -0.25) is 0 Å². The average molecular weight is 218 g/mol. The molecule has 1 aromatic rings. The zero-order valence-corrected chi connectivity index (χ0v) is 9.37. The Balaban J connectivity index is 1.66. The van der Waals surface area contributed by atoms with Crippen molar-refractivity contribution in [1.29, 1.82) is 0 Å². The first-order valence-corrected chi connectivity index (χ1v) is 5.69. The summed E-state index contributed by atoms with van der Waals surface area (Å²) in [4.78, 5) is 7.25. The van der Waals surface area contributed by atoms with Crippen LogP contribution in [-0.2, 0) is 6.42 Å². The number of hydrogen-bond acceptors (Lipinski definition) is 3. The summed E-state index contributed by atoms with van der Waals surface area (Å²) in [5.41, 5.74) is 13.6. The van der Waals surface area contributed by atoms with Crippen LogP contribution in [0.15, 0.2) is 29.0 Å². The van der Waals surface area contributed by atoms with Gasteiger partial charge in [-0.2, -0.15) is 0 Å². The largest absolute Gasteiger partial charge is 0.387 e. The fourth-order valence-corrected chi connectivity index (χ4v) is 1.89. The first-order chi connectivity index (χ1) is 7.74. The predicted octanol–water partition coefficient (Wildman–Crippen LogP) is 1.95. The van der Waals surface area contributed by atoms with E-state index in [2.05, 4.69) is 16.1 Å². The number of aliphatic imine (C=N–C) groups is 1. The van der Waals surface area contributed by atoms with Crippen molar-refractivity contribution in [3.05, 3.63) is 29.6 Å². The van der Waals surface area contributed by atoms with Crippen molar-refractivity contribution < 1.29 is 0 Å². The van der Waals surface area contributed by atoms with E-state index in [4.69, 9.17) is 11.5 Å². The molecule has 0 radical (unpaired) electrons. The smallest absolute Gasteiger partial charge is 0.103 e. The topological polar surface area (TPSA) is 80.2 Å². The van der Waals surface area contributed by atoms with E-state index >= 15 is 0 Å². The van der Waals surface area contributed by atoms with E-state index in [1.54, 1.807) is 0 Å². The molecule has 1 aliphatic rings. The lowest BCUT2D eigenvalue weighted by Crippen LogP contribution is -2.06. The van der Waals surface area contributed by atoms with Crippen LogP contribution in [0.2, 0.25) is 0 Å². The number of nitrogen functional groups attached to an aromatic ring is 1. The Labute approximate surface area is 95.4 Å². The van der Waals surface area contributed by atoms with Crippen LogP contribution < -0.4 is 11.5 Å². The van der Waals surface area contributed by atoms with Gasteiger partial charge >= 0.3 is 0 Å². The third kappa shape index (κ3) is 2.89. The van der Waals surface area contributed by atoms with Crippen LogP contribution in [-0.4, -0.2) is 10.8 Å². The Morgan fingerprint density at radius 3 is 2.69 bits per heavy atom. The van der Waals surface area contributed by atoms with Crippen LogP contribution in [0.25, 0.3) is 0 Å². The van der Waals surface area contributed by atoms with Gasteiger partial charge in [-0.1, -0.05) is 6.08 Å². The number of aromatic amines is 1. The Morgan fingerprint density at radius 2 is 2.06 bits per heavy atom. The monoisotopic (exact) mass is 218 g/mol. The summed E-state index contributed by atoms with van der Waals surface area (Å²) in [6, 6.07) is 1.99. The SMILES string of the molecule is NC1=NC(CCCCc2c[nH]c(N)c2)=CC1. The van der Waals surface area contributed by atoms with Crippen molar-refractivity contribution >= 4 is 11.7 Å². The fourth-order valence-electron chi connectivity index (χ4n) is 1.89. The van der Waals surface area contributed by atoms with Crippen molar-refractivity contribution in [3.63, 3.8) is 0 Å². The summed E-state index contributed by atoms with van der Waals surface area (Å²) in [7, 11) is 0. The van der Waals surface area contributed by atoms with Crippen molar-refractivity contribution in [2.24, 2.45) is 10.7 Å². The standard InChI is InChI=1S/C12H18N4/c13-11-6-5-10(16-11)4-2-1-3-9-7-12(14)15-8-9/h5,7-8,15H,1-4,6,14H2,(H2,13,16). The number of amidine groups is 1. The van der Waals surface area contributed by atoms with Crippen LogP contribution in [0, 0.1) is 0 Å². The molecule has 1 aromatic heterocycles. The van der Waals surface area contributed by atoms with Gasteiger partial charge in [0.15, 0.2) is 0 Å². The molecule has 2 heterocycles. The second-order valence-corrected chi connectivity index (χ2v) is 4.17. The first-order valence-electron chi connectivity index (χ1n) is 5.69. The van der Waals surface area contributed by atoms with Crippen molar-refractivity contribution in [2.75, 3.05) is 5.73 Å². The highest BCUT2D eigenvalue weighted by Crippen LogP contribution is 2.16. The minimum atomic E-state index is 0.742. The molecule has 0 spiro atoms. The van der Waals surface area contributed by atoms with E-state index < -0.39 is 0 Å². The van der Waals surface area contributed by atoms with Gasteiger partial charge < -0.3 is 16.5 Å². The second-order valence-electron chi connectivity index (χ2n) is 4.17. The molecule has 86 valence electrons. The molecule has 16 heavy (non-hydrogen) atoms. The number of allylic oxidation sites excluding steroid dienone is 1. The molecule has 0 atom stereocenters. The lowest BCUT2D eigenvalue weighted by molar-refractivity contribution is 0.727. The van der Waals surface area contributed by atoms with Gasteiger partial charge in [0, 0.05) is 18.3 Å². The van der Waals surface area contributed by atoms with Crippen LogP contribution >= 0.6 is 0 Å². The normalized spacial score (nSPS) is 15.0. The molecule has 0 fully saturated rings. The molecule has 2 rings (SSSR count). The van der Waals surface area contributed by atoms with Gasteiger partial charge in [0.2, 0.25) is 0 Å². The summed E-state index contributed by atoms with van der Waals surface area (Å²) >= 11 is 0. The fraction of sp³-hybridized carbons (Fsp3) is 0.417. The molecule has 0 aliphatic carbocycles. The molecule has 0 unspecified atom stereocenters. The molecule has 4 heteroatoms. The van der Waals surface area contributed by atoms with Gasteiger partial charge in [0.1, 0.15) is 11.7 Å². The van der Waals surface area contributed by atoms with E-state index in [0.717, 1.165) is 49.5 Å². The summed E-state index contributed by atoms with van der Waals surface area (Å²) in [5.74, 6) is 1.49. The van der Waals surface area contributed by atoms with Crippen LogP contribution in [0.4, 0.5) is 5.82 Å². The Kier molecular flexibility index (Phi) is 3.29. The Bertz CT molecular complexity index is 414. The van der Waals surface area contributed by atoms with Gasteiger partial charge in [-0.05, 0) is 37.3 Å². The molecule has 5 N–H and O–H groups in total. The number of aryl methyl sites for hydroxylation is 1. The maximum absolute atomic E-state index is 5.60. The third-order valence-corrected chi connectivity index (χ3v) is 2.75. The maximum Gasteiger partial charge on any atom is 0.103 e. The van der Waals surface area contributed by atoms with Gasteiger partial charge in [0.05, 0.1) is 0 Å². The van der Waals surface area contributed by atoms with Crippen LogP contribution in [0.3, 0.4) is 0 Å². The second kappa shape index (κ2) is 4.88. The Morgan fingerprint density at radius 1 is 1.25 bits per heavy atom. The minimum absolute atomic E-state index is 0.742. The number of rotatable bonds is 5. The number of hydrogen-bond donors (Lipinski definition) is 3. The highest BCUT2D eigenvalue weighted by molar-refractivity contribution is 5.84.